The lowest BCUT2D eigenvalue weighted by Crippen LogP contribution is -2.01. The van der Waals surface area contributed by atoms with Gasteiger partial charge in [-0.15, -0.1) is 5.92 Å². The molecule has 0 aliphatic rings. The molecule has 2 heterocycles. The van der Waals surface area contributed by atoms with Crippen molar-refractivity contribution >= 4 is 16.9 Å². The Morgan fingerprint density at radius 1 is 1.50 bits per heavy atom. The quantitative estimate of drug-likeness (QED) is 0.697. The first-order chi connectivity index (χ1) is 6.92. The maximum atomic E-state index is 4.14. The van der Waals surface area contributed by atoms with Crippen LogP contribution in [0.15, 0.2) is 18.6 Å². The van der Waals surface area contributed by atoms with Crippen LogP contribution in [0.3, 0.4) is 0 Å². The van der Waals surface area contributed by atoms with Gasteiger partial charge in [-0.3, -0.25) is 0 Å². The number of nitrogens with one attached hydrogen (secondary N) is 2. The molecule has 0 unspecified atom stereocenters. The molecule has 2 aromatic rings. The highest BCUT2D eigenvalue weighted by Gasteiger charge is 2.01. The van der Waals surface area contributed by atoms with Crippen molar-refractivity contribution < 1.29 is 0 Å². The number of hydrogen-bond donors (Lipinski definition) is 2. The van der Waals surface area contributed by atoms with Gasteiger partial charge in [-0.05, 0) is 13.0 Å². The minimum absolute atomic E-state index is 0.605. The van der Waals surface area contributed by atoms with E-state index in [1.165, 1.54) is 6.33 Å². The molecular weight excluding hydrogens is 176 g/mol. The van der Waals surface area contributed by atoms with E-state index in [-0.39, 0.29) is 0 Å². The topological polar surface area (TPSA) is 53.6 Å². The Morgan fingerprint density at radius 3 is 3.29 bits per heavy atom. The number of hydrogen-bond acceptors (Lipinski definition) is 3. The van der Waals surface area contributed by atoms with Crippen LogP contribution in [0.2, 0.25) is 0 Å². The second-order valence-corrected chi connectivity index (χ2v) is 2.74. The standard InChI is InChI=1S/C10H10N4/c1-2-3-5-11-9-8-4-6-12-10(8)14-7-13-9/h4,6-7H,5H2,1H3,(H2,11,12,13,14). The van der Waals surface area contributed by atoms with Gasteiger partial charge in [0.2, 0.25) is 0 Å². The van der Waals surface area contributed by atoms with Crippen LogP contribution in [0.1, 0.15) is 6.92 Å². The number of fused-ring (bicyclic) bond motifs is 1. The molecule has 0 aliphatic heterocycles. The van der Waals surface area contributed by atoms with Gasteiger partial charge in [0, 0.05) is 6.20 Å². The van der Waals surface area contributed by atoms with E-state index < -0.39 is 0 Å². The van der Waals surface area contributed by atoms with E-state index in [1.807, 2.05) is 19.2 Å². The average Bonchev–Trinajstić information content (AvgIpc) is 2.67. The van der Waals surface area contributed by atoms with Crippen LogP contribution in [0.4, 0.5) is 5.82 Å². The molecule has 0 saturated carbocycles. The summed E-state index contributed by atoms with van der Waals surface area (Å²) in [6, 6.07) is 1.94. The molecule has 0 radical (unpaired) electrons. The summed E-state index contributed by atoms with van der Waals surface area (Å²) in [5.74, 6) is 6.56. The number of nitrogens with zero attached hydrogens (tertiary/aromatic N) is 2. The molecule has 70 valence electrons. The minimum Gasteiger partial charge on any atom is -0.358 e. The number of aromatic nitrogens is 3. The van der Waals surface area contributed by atoms with E-state index in [4.69, 9.17) is 0 Å². The van der Waals surface area contributed by atoms with Crippen molar-refractivity contribution in [1.82, 2.24) is 15.0 Å². The molecular formula is C10H10N4. The highest BCUT2D eigenvalue weighted by molar-refractivity contribution is 5.86. The maximum Gasteiger partial charge on any atom is 0.142 e. The zero-order valence-electron chi connectivity index (χ0n) is 7.83. The highest BCUT2D eigenvalue weighted by atomic mass is 15.0. The van der Waals surface area contributed by atoms with Crippen LogP contribution in [-0.4, -0.2) is 21.5 Å². The number of H-pyrrole nitrogens is 1. The predicted octanol–water partition coefficient (Wildman–Crippen LogP) is 1.39. The third-order valence-corrected chi connectivity index (χ3v) is 1.87. The Hall–Kier alpha value is -2.02. The third kappa shape index (κ3) is 1.52. The molecule has 0 saturated heterocycles. The van der Waals surface area contributed by atoms with Gasteiger partial charge in [0.15, 0.2) is 0 Å². The van der Waals surface area contributed by atoms with Crippen LogP contribution in [0, 0.1) is 11.8 Å². The summed E-state index contributed by atoms with van der Waals surface area (Å²) in [5.41, 5.74) is 0.840. The Balaban J connectivity index is 2.30. The first kappa shape index (κ1) is 8.57. The van der Waals surface area contributed by atoms with Gasteiger partial charge in [-0.25, -0.2) is 9.97 Å². The van der Waals surface area contributed by atoms with Crippen molar-refractivity contribution in [3.63, 3.8) is 0 Å². The molecule has 0 spiro atoms. The largest absolute Gasteiger partial charge is 0.358 e. The maximum absolute atomic E-state index is 4.14. The molecule has 0 bridgehead atoms. The smallest absolute Gasteiger partial charge is 0.142 e. The summed E-state index contributed by atoms with van der Waals surface area (Å²) in [7, 11) is 0. The van der Waals surface area contributed by atoms with Gasteiger partial charge in [-0.2, -0.15) is 0 Å². The van der Waals surface area contributed by atoms with Crippen LogP contribution in [0.25, 0.3) is 11.0 Å². The lowest BCUT2D eigenvalue weighted by Gasteiger charge is -2.01. The molecule has 0 fully saturated rings. The van der Waals surface area contributed by atoms with Crippen molar-refractivity contribution in [1.29, 1.82) is 0 Å². The summed E-state index contributed by atoms with van der Waals surface area (Å²) in [4.78, 5) is 11.3. The fourth-order valence-corrected chi connectivity index (χ4v) is 1.23. The summed E-state index contributed by atoms with van der Waals surface area (Å²) in [6.45, 7) is 2.42. The van der Waals surface area contributed by atoms with E-state index in [9.17, 15) is 0 Å². The molecule has 2 N–H and O–H groups in total. The Kier molecular flexibility index (Phi) is 2.32. The molecule has 4 nitrogen and oxygen atoms in total. The van der Waals surface area contributed by atoms with Crippen molar-refractivity contribution in [2.24, 2.45) is 0 Å². The highest BCUT2D eigenvalue weighted by Crippen LogP contribution is 2.16. The number of aromatic amines is 1. The number of anilines is 1. The van der Waals surface area contributed by atoms with Crippen LogP contribution < -0.4 is 5.32 Å². The number of rotatable bonds is 2. The van der Waals surface area contributed by atoms with Crippen LogP contribution in [0.5, 0.6) is 0 Å². The first-order valence-corrected chi connectivity index (χ1v) is 4.33. The van der Waals surface area contributed by atoms with Crippen LogP contribution in [-0.2, 0) is 0 Å². The molecule has 0 atom stereocenters. The van der Waals surface area contributed by atoms with Crippen molar-refractivity contribution in [3.8, 4) is 11.8 Å². The second kappa shape index (κ2) is 3.79. The molecule has 0 amide bonds. The monoisotopic (exact) mass is 186 g/mol. The average molecular weight is 186 g/mol. The van der Waals surface area contributed by atoms with Gasteiger partial charge in [0.05, 0.1) is 11.9 Å². The Bertz CT molecular complexity index is 489. The predicted molar refractivity (Wildman–Crippen MR) is 55.8 cm³/mol. The zero-order chi connectivity index (χ0) is 9.80. The summed E-state index contributed by atoms with van der Waals surface area (Å²) >= 11 is 0. The third-order valence-electron chi connectivity index (χ3n) is 1.87. The van der Waals surface area contributed by atoms with E-state index in [0.717, 1.165) is 16.9 Å². The van der Waals surface area contributed by atoms with Gasteiger partial charge in [-0.1, -0.05) is 5.92 Å². The second-order valence-electron chi connectivity index (χ2n) is 2.74. The molecule has 0 aliphatic carbocycles. The summed E-state index contributed by atoms with van der Waals surface area (Å²) < 4.78 is 0. The Labute approximate surface area is 81.8 Å². The minimum atomic E-state index is 0.605. The fraction of sp³-hybridized carbons (Fsp3) is 0.200. The molecule has 14 heavy (non-hydrogen) atoms. The molecule has 2 aromatic heterocycles. The van der Waals surface area contributed by atoms with Crippen molar-refractivity contribution in [2.45, 2.75) is 6.92 Å². The van der Waals surface area contributed by atoms with Gasteiger partial charge in [0.25, 0.3) is 0 Å². The Morgan fingerprint density at radius 2 is 2.43 bits per heavy atom. The lowest BCUT2D eigenvalue weighted by molar-refractivity contribution is 1.18. The van der Waals surface area contributed by atoms with E-state index in [0.29, 0.717) is 6.54 Å². The van der Waals surface area contributed by atoms with E-state index >= 15 is 0 Å². The molecule has 0 aromatic carbocycles. The van der Waals surface area contributed by atoms with Crippen molar-refractivity contribution in [2.75, 3.05) is 11.9 Å². The van der Waals surface area contributed by atoms with Crippen LogP contribution >= 0.6 is 0 Å². The van der Waals surface area contributed by atoms with Gasteiger partial charge < -0.3 is 10.3 Å². The first-order valence-electron chi connectivity index (χ1n) is 4.33. The summed E-state index contributed by atoms with van der Waals surface area (Å²) in [6.07, 6.45) is 3.37. The normalized spacial score (nSPS) is 9.50. The summed E-state index contributed by atoms with van der Waals surface area (Å²) in [5, 5.41) is 4.12. The molecule has 2 rings (SSSR count). The van der Waals surface area contributed by atoms with E-state index in [2.05, 4.69) is 32.1 Å². The SMILES string of the molecule is CC#CCNc1ncnc2[nH]ccc12. The molecule has 4 heteroatoms. The fourth-order valence-electron chi connectivity index (χ4n) is 1.23. The lowest BCUT2D eigenvalue weighted by atomic mass is 10.4. The zero-order valence-corrected chi connectivity index (χ0v) is 7.83. The van der Waals surface area contributed by atoms with E-state index in [1.54, 1.807) is 0 Å². The van der Waals surface area contributed by atoms with Gasteiger partial charge >= 0.3 is 0 Å². The van der Waals surface area contributed by atoms with Crippen molar-refractivity contribution in [3.05, 3.63) is 18.6 Å². The van der Waals surface area contributed by atoms with Gasteiger partial charge in [0.1, 0.15) is 17.8 Å².